The van der Waals surface area contributed by atoms with Crippen molar-refractivity contribution in [1.29, 1.82) is 0 Å². The van der Waals surface area contributed by atoms with Gasteiger partial charge in [0.25, 0.3) is 0 Å². The zero-order valence-electron chi connectivity index (χ0n) is 15.5. The number of morpholine rings is 1. The van der Waals surface area contributed by atoms with E-state index in [2.05, 4.69) is 25.9 Å². The third-order valence-corrected chi connectivity index (χ3v) is 4.07. The molecule has 1 atom stereocenters. The first kappa shape index (κ1) is 19.8. The van der Waals surface area contributed by atoms with Crippen molar-refractivity contribution in [1.82, 2.24) is 14.9 Å². The molecule has 2 amide bonds. The first-order chi connectivity index (χ1) is 13.5. The average Bonchev–Trinajstić information content (AvgIpc) is 2.71. The van der Waals surface area contributed by atoms with Crippen LogP contribution in [0.5, 0.6) is 0 Å². The molecule has 10 heteroatoms. The lowest BCUT2D eigenvalue weighted by atomic mass is 10.3. The Morgan fingerprint density at radius 2 is 2.11 bits per heavy atom. The highest BCUT2D eigenvalue weighted by Crippen LogP contribution is 2.20. The van der Waals surface area contributed by atoms with E-state index in [-0.39, 0.29) is 30.4 Å². The molecule has 3 rings (SSSR count). The van der Waals surface area contributed by atoms with Crippen molar-refractivity contribution in [3.63, 3.8) is 0 Å². The number of nitrogens with zero attached hydrogens (tertiary/aromatic N) is 3. The molecule has 0 bridgehead atoms. The van der Waals surface area contributed by atoms with Crippen molar-refractivity contribution in [2.75, 3.05) is 48.9 Å². The van der Waals surface area contributed by atoms with Gasteiger partial charge in [0.15, 0.2) is 11.6 Å². The number of carbonyl (C=O) groups excluding carboxylic acids is 1. The van der Waals surface area contributed by atoms with Crippen LogP contribution in [-0.4, -0.2) is 65.0 Å². The first-order valence-corrected chi connectivity index (χ1v) is 8.96. The summed E-state index contributed by atoms with van der Waals surface area (Å²) in [6, 6.07) is 6.51. The summed E-state index contributed by atoms with van der Waals surface area (Å²) in [5.41, 5.74) is 1.24. The van der Waals surface area contributed by atoms with E-state index in [1.807, 2.05) is 0 Å². The second-order valence-electron chi connectivity index (χ2n) is 6.35. The van der Waals surface area contributed by atoms with Gasteiger partial charge in [-0.2, -0.15) is 4.98 Å². The summed E-state index contributed by atoms with van der Waals surface area (Å²) in [6.45, 7) is 3.71. The Morgan fingerprint density at radius 1 is 1.36 bits per heavy atom. The number of urea groups is 1. The molecule has 0 saturated carbocycles. The second kappa shape index (κ2) is 9.29. The maximum atomic E-state index is 13.8. The molecule has 1 saturated heterocycles. The zero-order valence-corrected chi connectivity index (χ0v) is 15.5. The molecule has 2 heterocycles. The third-order valence-electron chi connectivity index (χ3n) is 4.07. The number of carbonyl (C=O) groups is 1. The van der Waals surface area contributed by atoms with Crippen LogP contribution in [0, 0.1) is 5.82 Å². The molecular formula is C18H23FN6O3. The van der Waals surface area contributed by atoms with E-state index >= 15 is 0 Å². The molecular weight excluding hydrogens is 367 g/mol. The lowest BCUT2D eigenvalue weighted by Crippen LogP contribution is -2.43. The van der Waals surface area contributed by atoms with Crippen LogP contribution in [-0.2, 0) is 4.74 Å². The maximum Gasteiger partial charge on any atom is 0.322 e. The zero-order chi connectivity index (χ0) is 19.9. The molecule has 0 radical (unpaired) electrons. The summed E-state index contributed by atoms with van der Waals surface area (Å²) >= 11 is 0. The fourth-order valence-electron chi connectivity index (χ4n) is 2.58. The van der Waals surface area contributed by atoms with Crippen LogP contribution in [0.4, 0.5) is 32.3 Å². The molecule has 150 valence electrons. The lowest BCUT2D eigenvalue weighted by Gasteiger charge is -2.27. The summed E-state index contributed by atoms with van der Waals surface area (Å²) in [4.78, 5) is 22.0. The standard InChI is InChI=1S/C18H23FN6O3/c1-12(11-26)21-16-15(19)10-20-17(24-16)22-13-3-2-4-14(9-13)23-18(27)25-5-7-28-8-6-25/h2-4,9-10,12,26H,5-8,11H2,1H3,(H,23,27)(H2,20,21,22,24)/t12-/m0/s1. The van der Waals surface area contributed by atoms with Gasteiger partial charge in [-0.15, -0.1) is 0 Å². The van der Waals surface area contributed by atoms with E-state index in [1.165, 1.54) is 0 Å². The minimum Gasteiger partial charge on any atom is -0.394 e. The Morgan fingerprint density at radius 3 is 2.86 bits per heavy atom. The minimum atomic E-state index is -0.614. The van der Waals surface area contributed by atoms with E-state index < -0.39 is 5.82 Å². The highest BCUT2D eigenvalue weighted by atomic mass is 19.1. The number of aliphatic hydroxyl groups excluding tert-OH is 1. The Hall–Kier alpha value is -2.98. The number of rotatable bonds is 6. The number of aromatic nitrogens is 2. The van der Waals surface area contributed by atoms with Gasteiger partial charge in [-0.05, 0) is 25.1 Å². The van der Waals surface area contributed by atoms with Gasteiger partial charge in [-0.1, -0.05) is 6.07 Å². The molecule has 1 aliphatic rings. The maximum absolute atomic E-state index is 13.8. The number of hydrogen-bond donors (Lipinski definition) is 4. The van der Waals surface area contributed by atoms with Crippen LogP contribution in [0.2, 0.25) is 0 Å². The highest BCUT2D eigenvalue weighted by Gasteiger charge is 2.17. The van der Waals surface area contributed by atoms with Crippen molar-refractivity contribution in [2.24, 2.45) is 0 Å². The van der Waals surface area contributed by atoms with E-state index in [1.54, 1.807) is 36.1 Å². The van der Waals surface area contributed by atoms with Gasteiger partial charge in [0.05, 0.1) is 26.0 Å². The number of ether oxygens (including phenoxy) is 1. The third kappa shape index (κ3) is 5.27. The Labute approximate surface area is 161 Å². The lowest BCUT2D eigenvalue weighted by molar-refractivity contribution is 0.0564. The van der Waals surface area contributed by atoms with Gasteiger partial charge in [0.1, 0.15) is 0 Å². The minimum absolute atomic E-state index is 0.00387. The summed E-state index contributed by atoms with van der Waals surface area (Å²) in [5.74, 6) is -0.432. The molecule has 1 aromatic heterocycles. The SMILES string of the molecule is C[C@@H](CO)Nc1nc(Nc2cccc(NC(=O)N3CCOCC3)c2)ncc1F. The van der Waals surface area contributed by atoms with E-state index in [0.29, 0.717) is 37.7 Å². The molecule has 2 aromatic rings. The number of nitrogens with one attached hydrogen (secondary N) is 3. The largest absolute Gasteiger partial charge is 0.394 e. The van der Waals surface area contributed by atoms with Crippen LogP contribution in [0.25, 0.3) is 0 Å². The average molecular weight is 390 g/mol. The van der Waals surface area contributed by atoms with Crippen LogP contribution in [0.15, 0.2) is 30.5 Å². The van der Waals surface area contributed by atoms with Gasteiger partial charge in [0, 0.05) is 30.5 Å². The van der Waals surface area contributed by atoms with Crippen molar-refractivity contribution in [2.45, 2.75) is 13.0 Å². The van der Waals surface area contributed by atoms with Gasteiger partial charge in [0.2, 0.25) is 5.95 Å². The molecule has 1 aromatic carbocycles. The van der Waals surface area contributed by atoms with E-state index in [0.717, 1.165) is 6.20 Å². The van der Waals surface area contributed by atoms with Gasteiger partial charge < -0.3 is 30.7 Å². The van der Waals surface area contributed by atoms with Crippen LogP contribution < -0.4 is 16.0 Å². The van der Waals surface area contributed by atoms with Crippen molar-refractivity contribution < 1.29 is 19.0 Å². The molecule has 0 unspecified atom stereocenters. The number of halogens is 1. The first-order valence-electron chi connectivity index (χ1n) is 8.96. The quantitative estimate of drug-likeness (QED) is 0.597. The highest BCUT2D eigenvalue weighted by molar-refractivity contribution is 5.90. The topological polar surface area (TPSA) is 112 Å². The number of aliphatic hydroxyl groups is 1. The van der Waals surface area contributed by atoms with Gasteiger partial charge in [-0.3, -0.25) is 0 Å². The monoisotopic (exact) mass is 390 g/mol. The van der Waals surface area contributed by atoms with Crippen molar-refractivity contribution >= 4 is 29.2 Å². The molecule has 9 nitrogen and oxygen atoms in total. The Balaban J connectivity index is 1.67. The second-order valence-corrected chi connectivity index (χ2v) is 6.35. The molecule has 0 aliphatic carbocycles. The van der Waals surface area contributed by atoms with Crippen LogP contribution >= 0.6 is 0 Å². The predicted molar refractivity (Wildman–Crippen MR) is 103 cm³/mol. The molecule has 1 aliphatic heterocycles. The van der Waals surface area contributed by atoms with Gasteiger partial charge in [-0.25, -0.2) is 14.2 Å². The summed E-state index contributed by atoms with van der Waals surface area (Å²) in [5, 5.41) is 17.7. The van der Waals surface area contributed by atoms with E-state index in [9.17, 15) is 9.18 Å². The van der Waals surface area contributed by atoms with Crippen molar-refractivity contribution in [3.05, 3.63) is 36.3 Å². The normalized spacial score (nSPS) is 15.0. The fourth-order valence-corrected chi connectivity index (χ4v) is 2.58. The predicted octanol–water partition coefficient (Wildman–Crippen LogP) is 2.02. The molecule has 28 heavy (non-hydrogen) atoms. The summed E-state index contributed by atoms with van der Waals surface area (Å²) in [6.07, 6.45) is 1.05. The fraction of sp³-hybridized carbons (Fsp3) is 0.389. The number of benzene rings is 1. The Kier molecular flexibility index (Phi) is 6.56. The number of hydrogen-bond acceptors (Lipinski definition) is 7. The summed E-state index contributed by atoms with van der Waals surface area (Å²) < 4.78 is 19.1. The smallest absolute Gasteiger partial charge is 0.322 e. The molecule has 4 N–H and O–H groups in total. The van der Waals surface area contributed by atoms with Crippen LogP contribution in [0.3, 0.4) is 0 Å². The van der Waals surface area contributed by atoms with E-state index in [4.69, 9.17) is 9.84 Å². The number of anilines is 4. The van der Waals surface area contributed by atoms with Crippen molar-refractivity contribution in [3.8, 4) is 0 Å². The number of amides is 2. The van der Waals surface area contributed by atoms with Gasteiger partial charge >= 0.3 is 6.03 Å². The molecule has 1 fully saturated rings. The Bertz CT molecular complexity index is 816. The van der Waals surface area contributed by atoms with Crippen LogP contribution in [0.1, 0.15) is 6.92 Å². The summed E-state index contributed by atoms with van der Waals surface area (Å²) in [7, 11) is 0. The molecule has 0 spiro atoms.